The molecular weight excluding hydrogens is 329 g/mol. The highest BCUT2D eigenvalue weighted by Crippen LogP contribution is 2.46. The smallest absolute Gasteiger partial charge is 0.406 e. The summed E-state index contributed by atoms with van der Waals surface area (Å²) in [4.78, 5) is 38.9. The quantitative estimate of drug-likeness (QED) is 0.822. The van der Waals surface area contributed by atoms with Crippen molar-refractivity contribution in [1.82, 2.24) is 9.88 Å². The maximum atomic E-state index is 13.2. The Labute approximate surface area is 135 Å². The first kappa shape index (κ1) is 18.0. The van der Waals surface area contributed by atoms with Crippen LogP contribution < -0.4 is 0 Å². The van der Waals surface area contributed by atoms with Crippen molar-refractivity contribution >= 4 is 17.7 Å². The number of nitrogens with zero attached hydrogens (tertiary/aromatic N) is 1. The highest BCUT2D eigenvalue weighted by Gasteiger charge is 2.64. The molecule has 2 rings (SSSR count). The van der Waals surface area contributed by atoms with Crippen LogP contribution in [0.15, 0.2) is 0 Å². The number of Topliss-reactive ketones (excluding diaryl/α,β-unsaturated/α-hetero) is 1. The van der Waals surface area contributed by atoms with Crippen LogP contribution in [0, 0.1) is 19.3 Å². The lowest BCUT2D eigenvalue weighted by Crippen LogP contribution is -2.47. The number of carboxylic acids is 1. The molecule has 9 heteroatoms. The van der Waals surface area contributed by atoms with Crippen molar-refractivity contribution in [1.29, 1.82) is 0 Å². The van der Waals surface area contributed by atoms with Crippen LogP contribution in [0.2, 0.25) is 0 Å². The average Bonchev–Trinajstić information content (AvgIpc) is 3.00. The standard InChI is InChI=1S/C15H17F3N2O4/c1-7-10(9(3)21)8(2)19-11(7)12(22)20-5-4-14(6-20,13(23)24)15(16,17)18/h19H,4-6H2,1-3H3,(H,23,24)/t14-/m0/s1. The van der Waals surface area contributed by atoms with E-state index in [1.165, 1.54) is 13.8 Å². The fourth-order valence-electron chi connectivity index (χ4n) is 3.16. The van der Waals surface area contributed by atoms with Gasteiger partial charge in [0.1, 0.15) is 5.69 Å². The number of nitrogens with one attached hydrogen (secondary N) is 1. The van der Waals surface area contributed by atoms with Gasteiger partial charge in [0, 0.05) is 24.3 Å². The van der Waals surface area contributed by atoms with E-state index in [1.54, 1.807) is 6.92 Å². The van der Waals surface area contributed by atoms with E-state index >= 15 is 0 Å². The van der Waals surface area contributed by atoms with Crippen molar-refractivity contribution in [3.63, 3.8) is 0 Å². The van der Waals surface area contributed by atoms with Crippen LogP contribution in [0.25, 0.3) is 0 Å². The van der Waals surface area contributed by atoms with Gasteiger partial charge in [-0.25, -0.2) is 0 Å². The third-order valence-electron chi connectivity index (χ3n) is 4.51. The van der Waals surface area contributed by atoms with E-state index in [4.69, 9.17) is 5.11 Å². The Hall–Kier alpha value is -2.32. The molecule has 0 unspecified atom stereocenters. The van der Waals surface area contributed by atoms with E-state index in [-0.39, 0.29) is 18.0 Å². The summed E-state index contributed by atoms with van der Waals surface area (Å²) in [6.45, 7) is 3.17. The number of carboxylic acid groups (broad SMARTS) is 1. The molecule has 2 N–H and O–H groups in total. The summed E-state index contributed by atoms with van der Waals surface area (Å²) in [6, 6.07) is 0. The molecule has 1 atom stereocenters. The van der Waals surface area contributed by atoms with Gasteiger partial charge < -0.3 is 15.0 Å². The highest BCUT2D eigenvalue weighted by molar-refractivity contribution is 6.02. The Balaban J connectivity index is 2.35. The zero-order valence-corrected chi connectivity index (χ0v) is 13.4. The molecule has 24 heavy (non-hydrogen) atoms. The number of aromatic nitrogens is 1. The molecule has 1 aliphatic heterocycles. The summed E-state index contributed by atoms with van der Waals surface area (Å²) in [6.07, 6.45) is -5.66. The fraction of sp³-hybridized carbons (Fsp3) is 0.533. The number of alkyl halides is 3. The highest BCUT2D eigenvalue weighted by atomic mass is 19.4. The van der Waals surface area contributed by atoms with Gasteiger partial charge in [-0.15, -0.1) is 0 Å². The van der Waals surface area contributed by atoms with Crippen LogP contribution in [0.3, 0.4) is 0 Å². The molecule has 1 aliphatic rings. The normalized spacial score (nSPS) is 21.2. The van der Waals surface area contributed by atoms with Crippen molar-refractivity contribution in [3.8, 4) is 0 Å². The number of carbonyl (C=O) groups excluding carboxylic acids is 2. The van der Waals surface area contributed by atoms with Crippen molar-refractivity contribution in [2.45, 2.75) is 33.4 Å². The molecule has 6 nitrogen and oxygen atoms in total. The van der Waals surface area contributed by atoms with Gasteiger partial charge in [-0.2, -0.15) is 13.2 Å². The monoisotopic (exact) mass is 346 g/mol. The molecule has 132 valence electrons. The first-order valence-electron chi connectivity index (χ1n) is 7.22. The van der Waals surface area contributed by atoms with Crippen LogP contribution in [0.1, 0.15) is 45.4 Å². The number of rotatable bonds is 3. The number of amides is 1. The molecule has 2 heterocycles. The minimum absolute atomic E-state index is 0.0149. The van der Waals surface area contributed by atoms with Gasteiger partial charge in [-0.3, -0.25) is 14.4 Å². The van der Waals surface area contributed by atoms with Gasteiger partial charge in [0.05, 0.1) is 0 Å². The van der Waals surface area contributed by atoms with E-state index in [1.807, 2.05) is 0 Å². The molecule has 1 fully saturated rings. The van der Waals surface area contributed by atoms with Crippen LogP contribution in [-0.2, 0) is 4.79 Å². The molecule has 0 radical (unpaired) electrons. The Morgan fingerprint density at radius 3 is 2.21 bits per heavy atom. The van der Waals surface area contributed by atoms with Gasteiger partial charge in [-0.1, -0.05) is 0 Å². The van der Waals surface area contributed by atoms with Crippen molar-refractivity contribution in [2.24, 2.45) is 5.41 Å². The number of ketones is 1. The molecule has 0 aromatic carbocycles. The average molecular weight is 346 g/mol. The maximum Gasteiger partial charge on any atom is 0.406 e. The molecule has 1 saturated heterocycles. The van der Waals surface area contributed by atoms with Crippen molar-refractivity contribution < 1.29 is 32.7 Å². The Morgan fingerprint density at radius 2 is 1.83 bits per heavy atom. The fourth-order valence-corrected chi connectivity index (χ4v) is 3.16. The number of aryl methyl sites for hydroxylation is 1. The second kappa shape index (κ2) is 5.64. The molecule has 1 aromatic rings. The molecule has 1 amide bonds. The third kappa shape index (κ3) is 2.57. The molecule has 0 aliphatic carbocycles. The van der Waals surface area contributed by atoms with Crippen LogP contribution in [0.4, 0.5) is 13.2 Å². The number of hydrogen-bond donors (Lipinski definition) is 2. The number of likely N-dealkylation sites (tertiary alicyclic amines) is 1. The molecule has 1 aromatic heterocycles. The lowest BCUT2D eigenvalue weighted by atomic mass is 9.86. The predicted octanol–water partition coefficient (Wildman–Crippen LogP) is 2.31. The summed E-state index contributed by atoms with van der Waals surface area (Å²) >= 11 is 0. The van der Waals surface area contributed by atoms with Crippen LogP contribution in [0.5, 0.6) is 0 Å². The maximum absolute atomic E-state index is 13.2. The predicted molar refractivity (Wildman–Crippen MR) is 76.9 cm³/mol. The largest absolute Gasteiger partial charge is 0.481 e. The Bertz CT molecular complexity index is 723. The van der Waals surface area contributed by atoms with E-state index in [0.29, 0.717) is 16.8 Å². The number of aliphatic carboxylic acids is 1. The number of carbonyl (C=O) groups is 3. The summed E-state index contributed by atoms with van der Waals surface area (Å²) in [5.41, 5.74) is -1.83. The number of halogens is 3. The molecule has 0 bridgehead atoms. The second-order valence-electron chi connectivity index (χ2n) is 6.04. The van der Waals surface area contributed by atoms with Crippen molar-refractivity contribution in [3.05, 3.63) is 22.5 Å². The Morgan fingerprint density at radius 1 is 1.25 bits per heavy atom. The first-order chi connectivity index (χ1) is 10.9. The summed E-state index contributed by atoms with van der Waals surface area (Å²) in [5, 5.41) is 9.03. The lowest BCUT2D eigenvalue weighted by molar-refractivity contribution is -0.227. The van der Waals surface area contributed by atoms with Gasteiger partial charge in [0.2, 0.25) is 0 Å². The molecule has 0 saturated carbocycles. The van der Waals surface area contributed by atoms with Gasteiger partial charge in [-0.05, 0) is 32.8 Å². The van der Waals surface area contributed by atoms with Crippen LogP contribution >= 0.6 is 0 Å². The minimum Gasteiger partial charge on any atom is -0.481 e. The van der Waals surface area contributed by atoms with E-state index in [9.17, 15) is 27.6 Å². The third-order valence-corrected chi connectivity index (χ3v) is 4.51. The Kier molecular flexibility index (Phi) is 4.24. The summed E-state index contributed by atoms with van der Waals surface area (Å²) in [5.74, 6) is -3.00. The van der Waals surface area contributed by atoms with E-state index in [2.05, 4.69) is 4.98 Å². The number of hydrogen-bond acceptors (Lipinski definition) is 3. The van der Waals surface area contributed by atoms with Gasteiger partial charge >= 0.3 is 12.1 Å². The van der Waals surface area contributed by atoms with E-state index < -0.39 is 36.4 Å². The van der Waals surface area contributed by atoms with Crippen LogP contribution in [-0.4, -0.2) is 51.9 Å². The molecular formula is C15H17F3N2O4. The summed E-state index contributed by atoms with van der Waals surface area (Å²) in [7, 11) is 0. The second-order valence-corrected chi connectivity index (χ2v) is 6.04. The zero-order chi connectivity index (χ0) is 18.4. The number of aromatic amines is 1. The topological polar surface area (TPSA) is 90.5 Å². The first-order valence-corrected chi connectivity index (χ1v) is 7.22. The van der Waals surface area contributed by atoms with Crippen molar-refractivity contribution in [2.75, 3.05) is 13.1 Å². The van der Waals surface area contributed by atoms with E-state index in [0.717, 1.165) is 4.90 Å². The van der Waals surface area contributed by atoms with Gasteiger partial charge in [0.25, 0.3) is 5.91 Å². The number of H-pyrrole nitrogens is 1. The van der Waals surface area contributed by atoms with Gasteiger partial charge in [0.15, 0.2) is 11.2 Å². The SMILES string of the molecule is CC(=O)c1c(C)[nH]c(C(=O)N2CC[C@](C(=O)O)(C(F)(F)F)C2)c1C. The summed E-state index contributed by atoms with van der Waals surface area (Å²) < 4.78 is 39.6. The lowest BCUT2D eigenvalue weighted by Gasteiger charge is -2.27. The minimum atomic E-state index is -4.96. The zero-order valence-electron chi connectivity index (χ0n) is 13.4. The molecule has 0 spiro atoms.